The van der Waals surface area contributed by atoms with Gasteiger partial charge in [0.2, 0.25) is 0 Å². The molecule has 1 aromatic carbocycles. The topological polar surface area (TPSA) is 3.24 Å². The molecule has 18 heavy (non-hydrogen) atoms. The average molecular weight is 280 g/mol. The van der Waals surface area contributed by atoms with Crippen molar-refractivity contribution in [3.63, 3.8) is 0 Å². The van der Waals surface area contributed by atoms with Crippen LogP contribution >= 0.6 is 23.7 Å². The van der Waals surface area contributed by atoms with E-state index < -0.39 is 0 Å². The molecule has 3 heteroatoms. The quantitative estimate of drug-likeness (QED) is 0.802. The maximum atomic E-state index is 2.55. The lowest BCUT2D eigenvalue weighted by Gasteiger charge is -2.27. The molecule has 1 aliphatic heterocycles. The molecule has 1 aliphatic rings. The summed E-state index contributed by atoms with van der Waals surface area (Å²) in [6, 6.07) is 11.0. The Labute approximate surface area is 119 Å². The van der Waals surface area contributed by atoms with Gasteiger partial charge in [0, 0.05) is 24.5 Å². The highest BCUT2D eigenvalue weighted by molar-refractivity contribution is 7.10. The highest BCUT2D eigenvalue weighted by atomic mass is 35.5. The van der Waals surface area contributed by atoms with Gasteiger partial charge in [0.05, 0.1) is 0 Å². The van der Waals surface area contributed by atoms with Gasteiger partial charge in [0.25, 0.3) is 0 Å². The molecule has 0 bridgehead atoms. The summed E-state index contributed by atoms with van der Waals surface area (Å²) in [5, 5.41) is 2.22. The van der Waals surface area contributed by atoms with Crippen molar-refractivity contribution in [2.45, 2.75) is 26.4 Å². The van der Waals surface area contributed by atoms with E-state index >= 15 is 0 Å². The third kappa shape index (κ3) is 2.77. The van der Waals surface area contributed by atoms with Gasteiger partial charge in [-0.25, -0.2) is 0 Å². The van der Waals surface area contributed by atoms with E-state index in [1.165, 1.54) is 29.7 Å². The van der Waals surface area contributed by atoms with Crippen LogP contribution in [0.5, 0.6) is 0 Å². The summed E-state index contributed by atoms with van der Waals surface area (Å²) in [6.45, 7) is 5.60. The lowest BCUT2D eigenvalue weighted by Crippen LogP contribution is -2.29. The van der Waals surface area contributed by atoms with Crippen molar-refractivity contribution in [1.29, 1.82) is 0 Å². The molecule has 2 heterocycles. The fraction of sp³-hybridized carbons (Fsp3) is 0.333. The molecule has 0 N–H and O–H groups in total. The van der Waals surface area contributed by atoms with E-state index in [2.05, 4.69) is 47.5 Å². The average Bonchev–Trinajstić information content (AvgIpc) is 2.79. The first-order chi connectivity index (χ1) is 8.33. The first-order valence-corrected chi connectivity index (χ1v) is 7.03. The van der Waals surface area contributed by atoms with Crippen LogP contribution in [0.1, 0.15) is 21.6 Å². The Morgan fingerprint density at radius 1 is 1.22 bits per heavy atom. The molecule has 3 rings (SSSR count). The highest BCUT2D eigenvalue weighted by Gasteiger charge is 2.17. The summed E-state index contributed by atoms with van der Waals surface area (Å²) in [4.78, 5) is 4.14. The monoisotopic (exact) mass is 279 g/mol. The molecule has 0 amide bonds. The third-order valence-electron chi connectivity index (χ3n) is 3.54. The number of benzene rings is 1. The predicted molar refractivity (Wildman–Crippen MR) is 80.6 cm³/mol. The minimum atomic E-state index is 0. The van der Waals surface area contributed by atoms with E-state index in [0.29, 0.717) is 0 Å². The Morgan fingerprint density at radius 3 is 2.89 bits per heavy atom. The van der Waals surface area contributed by atoms with Gasteiger partial charge in [-0.05, 0) is 41.5 Å². The van der Waals surface area contributed by atoms with Crippen LogP contribution in [-0.4, -0.2) is 11.4 Å². The number of halogens is 1. The molecular formula is C15H18ClNS. The van der Waals surface area contributed by atoms with Gasteiger partial charge < -0.3 is 0 Å². The Morgan fingerprint density at radius 2 is 2.06 bits per heavy atom. The lowest BCUT2D eigenvalue weighted by atomic mass is 10.1. The second-order valence-corrected chi connectivity index (χ2v) is 5.76. The molecule has 0 spiro atoms. The SMILES string of the molecule is Cc1ccccc1CN1CCc2sccc2C1.Cl. The maximum absolute atomic E-state index is 2.55. The van der Waals surface area contributed by atoms with Crippen molar-refractivity contribution in [2.75, 3.05) is 6.54 Å². The van der Waals surface area contributed by atoms with Gasteiger partial charge >= 0.3 is 0 Å². The fourth-order valence-corrected chi connectivity index (χ4v) is 3.36. The van der Waals surface area contributed by atoms with E-state index in [-0.39, 0.29) is 12.4 Å². The highest BCUT2D eigenvalue weighted by Crippen LogP contribution is 2.25. The van der Waals surface area contributed by atoms with Crippen LogP contribution in [0.25, 0.3) is 0 Å². The smallest absolute Gasteiger partial charge is 0.0248 e. The summed E-state index contributed by atoms with van der Waals surface area (Å²) in [5.74, 6) is 0. The van der Waals surface area contributed by atoms with Gasteiger partial charge in [0.15, 0.2) is 0 Å². The van der Waals surface area contributed by atoms with Crippen LogP contribution in [0.2, 0.25) is 0 Å². The lowest BCUT2D eigenvalue weighted by molar-refractivity contribution is 0.247. The Balaban J connectivity index is 0.00000120. The van der Waals surface area contributed by atoms with E-state index in [1.54, 1.807) is 4.88 Å². The van der Waals surface area contributed by atoms with E-state index in [9.17, 15) is 0 Å². The first-order valence-electron chi connectivity index (χ1n) is 6.15. The summed E-state index contributed by atoms with van der Waals surface area (Å²) in [5.41, 5.74) is 4.41. The molecule has 0 radical (unpaired) electrons. The van der Waals surface area contributed by atoms with Gasteiger partial charge in [-0.3, -0.25) is 4.90 Å². The minimum Gasteiger partial charge on any atom is -0.294 e. The molecule has 0 saturated heterocycles. The molecule has 0 saturated carbocycles. The van der Waals surface area contributed by atoms with Crippen molar-refractivity contribution in [3.8, 4) is 0 Å². The molecule has 0 aliphatic carbocycles. The molecule has 0 atom stereocenters. The molecule has 1 nitrogen and oxygen atoms in total. The standard InChI is InChI=1S/C15H17NS.ClH/c1-12-4-2-3-5-13(12)10-16-8-6-15-14(11-16)7-9-17-15;/h2-5,7,9H,6,8,10-11H2,1H3;1H. The van der Waals surface area contributed by atoms with Crippen LogP contribution in [0.3, 0.4) is 0 Å². The van der Waals surface area contributed by atoms with Crippen molar-refractivity contribution < 1.29 is 0 Å². The molecule has 2 aromatic rings. The van der Waals surface area contributed by atoms with Crippen LogP contribution in [0.4, 0.5) is 0 Å². The molecule has 1 aromatic heterocycles. The van der Waals surface area contributed by atoms with Crippen molar-refractivity contribution in [2.24, 2.45) is 0 Å². The largest absolute Gasteiger partial charge is 0.294 e. The number of hydrogen-bond donors (Lipinski definition) is 0. The van der Waals surface area contributed by atoms with Crippen molar-refractivity contribution in [3.05, 3.63) is 57.3 Å². The number of rotatable bonds is 2. The number of fused-ring (bicyclic) bond motifs is 1. The fourth-order valence-electron chi connectivity index (χ4n) is 2.47. The van der Waals surface area contributed by atoms with Crippen LogP contribution in [-0.2, 0) is 19.5 Å². The normalized spacial score (nSPS) is 14.9. The second kappa shape index (κ2) is 5.87. The number of nitrogens with zero attached hydrogens (tertiary/aromatic N) is 1. The Bertz CT molecular complexity index is 521. The Hall–Kier alpha value is -0.830. The van der Waals surface area contributed by atoms with E-state index in [1.807, 2.05) is 11.3 Å². The molecule has 0 fully saturated rings. The molecule has 96 valence electrons. The Kier molecular flexibility index (Phi) is 4.44. The molecule has 0 unspecified atom stereocenters. The number of thiophene rings is 1. The van der Waals surface area contributed by atoms with Gasteiger partial charge in [-0.1, -0.05) is 24.3 Å². The second-order valence-electron chi connectivity index (χ2n) is 4.76. The number of hydrogen-bond acceptors (Lipinski definition) is 2. The summed E-state index contributed by atoms with van der Waals surface area (Å²) in [7, 11) is 0. The van der Waals surface area contributed by atoms with Gasteiger partial charge in [0.1, 0.15) is 0 Å². The van der Waals surface area contributed by atoms with Crippen LogP contribution in [0.15, 0.2) is 35.7 Å². The van der Waals surface area contributed by atoms with Crippen molar-refractivity contribution >= 4 is 23.7 Å². The van der Waals surface area contributed by atoms with Gasteiger partial charge in [-0.2, -0.15) is 0 Å². The van der Waals surface area contributed by atoms with E-state index in [4.69, 9.17) is 0 Å². The zero-order valence-corrected chi connectivity index (χ0v) is 12.2. The summed E-state index contributed by atoms with van der Waals surface area (Å²) < 4.78 is 0. The minimum absolute atomic E-state index is 0. The van der Waals surface area contributed by atoms with E-state index in [0.717, 1.165) is 13.1 Å². The zero-order valence-electron chi connectivity index (χ0n) is 10.6. The maximum Gasteiger partial charge on any atom is 0.0248 e. The first kappa shape index (κ1) is 13.6. The van der Waals surface area contributed by atoms with Crippen molar-refractivity contribution in [1.82, 2.24) is 4.90 Å². The van der Waals surface area contributed by atoms with Crippen LogP contribution < -0.4 is 0 Å². The number of aryl methyl sites for hydroxylation is 1. The zero-order chi connectivity index (χ0) is 11.7. The summed E-state index contributed by atoms with van der Waals surface area (Å²) in [6.07, 6.45) is 1.22. The predicted octanol–water partition coefficient (Wildman–Crippen LogP) is 4.04. The third-order valence-corrected chi connectivity index (χ3v) is 4.56. The van der Waals surface area contributed by atoms with Crippen LogP contribution in [0, 0.1) is 6.92 Å². The summed E-state index contributed by atoms with van der Waals surface area (Å²) >= 11 is 1.91. The molecular weight excluding hydrogens is 262 g/mol. The van der Waals surface area contributed by atoms with Gasteiger partial charge in [-0.15, -0.1) is 23.7 Å².